The summed E-state index contributed by atoms with van der Waals surface area (Å²) in [6.07, 6.45) is 1.68. The van der Waals surface area contributed by atoms with Crippen molar-refractivity contribution in [3.63, 3.8) is 0 Å². The van der Waals surface area contributed by atoms with Crippen LogP contribution >= 0.6 is 34.4 Å². The maximum atomic E-state index is 12.3. The smallest absolute Gasteiger partial charge is 0.335 e. The molecule has 1 amide bonds. The van der Waals surface area contributed by atoms with Crippen LogP contribution in [-0.4, -0.2) is 34.1 Å². The van der Waals surface area contributed by atoms with E-state index in [1.807, 2.05) is 6.07 Å². The number of benzene rings is 1. The Morgan fingerprint density at radius 1 is 1.29 bits per heavy atom. The molecule has 122 valence electrons. The minimum atomic E-state index is -0.991. The average Bonchev–Trinajstić information content (AvgIpc) is 3.07. The van der Waals surface area contributed by atoms with Gasteiger partial charge in [0.1, 0.15) is 5.76 Å². The second-order valence-electron chi connectivity index (χ2n) is 4.86. The van der Waals surface area contributed by atoms with Crippen LogP contribution in [0.5, 0.6) is 0 Å². The van der Waals surface area contributed by atoms with E-state index in [2.05, 4.69) is 27.6 Å². The van der Waals surface area contributed by atoms with Crippen molar-refractivity contribution < 1.29 is 19.1 Å². The molecule has 1 aromatic heterocycles. The molecule has 2 aromatic rings. The summed E-state index contributed by atoms with van der Waals surface area (Å²) in [5.41, 5.74) is 0.770. The maximum Gasteiger partial charge on any atom is 0.335 e. The fourth-order valence-corrected chi connectivity index (χ4v) is 3.38. The molecule has 0 radical (unpaired) electrons. The zero-order valence-corrected chi connectivity index (χ0v) is 15.4. The van der Waals surface area contributed by atoms with Crippen LogP contribution in [0.2, 0.25) is 0 Å². The summed E-state index contributed by atoms with van der Waals surface area (Å²) in [7, 11) is 1.65. The van der Waals surface area contributed by atoms with E-state index in [-0.39, 0.29) is 11.5 Å². The number of hydrogen-bond donors (Lipinski definition) is 1. The van der Waals surface area contributed by atoms with E-state index >= 15 is 0 Å². The Morgan fingerprint density at radius 2 is 2.00 bits per heavy atom. The Hall–Kier alpha value is -2.07. The van der Waals surface area contributed by atoms with Gasteiger partial charge in [-0.05, 0) is 70.8 Å². The molecule has 0 bridgehead atoms. The third-order valence-electron chi connectivity index (χ3n) is 3.21. The highest BCUT2D eigenvalue weighted by atomic mass is 127. The van der Waals surface area contributed by atoms with Gasteiger partial charge in [-0.25, -0.2) is 9.79 Å². The lowest BCUT2D eigenvalue weighted by Crippen LogP contribution is -2.23. The second-order valence-corrected chi connectivity index (χ2v) is 6.94. The summed E-state index contributed by atoms with van der Waals surface area (Å²) in [5.74, 6) is -0.543. The molecule has 0 saturated carbocycles. The molecule has 0 atom stereocenters. The van der Waals surface area contributed by atoms with E-state index in [9.17, 15) is 9.59 Å². The molecule has 1 N–H and O–H groups in total. The molecule has 0 aliphatic carbocycles. The first-order chi connectivity index (χ1) is 11.4. The summed E-state index contributed by atoms with van der Waals surface area (Å²) < 4.78 is 6.19. The van der Waals surface area contributed by atoms with Gasteiger partial charge >= 0.3 is 5.97 Å². The van der Waals surface area contributed by atoms with Gasteiger partial charge in [0.05, 0.1) is 16.2 Å². The van der Waals surface area contributed by atoms with Crippen LogP contribution in [0.25, 0.3) is 6.08 Å². The number of carbonyl (C=O) groups is 2. The van der Waals surface area contributed by atoms with Crippen molar-refractivity contribution in [2.45, 2.75) is 0 Å². The Kier molecular flexibility index (Phi) is 4.76. The molecule has 1 saturated heterocycles. The molecule has 1 aromatic carbocycles. The summed E-state index contributed by atoms with van der Waals surface area (Å²) >= 11 is 3.30. The fraction of sp³-hybridized carbons (Fsp3) is 0.0625. The number of hydrogen-bond acceptors (Lipinski definition) is 5. The summed E-state index contributed by atoms with van der Waals surface area (Å²) in [6, 6.07) is 9.77. The van der Waals surface area contributed by atoms with E-state index in [1.54, 1.807) is 31.3 Å². The van der Waals surface area contributed by atoms with Crippen LogP contribution in [0, 0.1) is 3.77 Å². The number of aromatic carboxylic acids is 1. The van der Waals surface area contributed by atoms with E-state index in [0.29, 0.717) is 21.5 Å². The van der Waals surface area contributed by atoms with Gasteiger partial charge in [0.25, 0.3) is 5.91 Å². The highest BCUT2D eigenvalue weighted by molar-refractivity contribution is 14.1. The number of carbonyl (C=O) groups excluding carboxylic acids is 1. The first-order valence-corrected chi connectivity index (χ1v) is 8.68. The first-order valence-electron chi connectivity index (χ1n) is 6.79. The van der Waals surface area contributed by atoms with Gasteiger partial charge in [0, 0.05) is 13.1 Å². The number of rotatable bonds is 3. The predicted molar refractivity (Wildman–Crippen MR) is 100 cm³/mol. The van der Waals surface area contributed by atoms with Crippen molar-refractivity contribution in [2.75, 3.05) is 7.05 Å². The van der Waals surface area contributed by atoms with Crippen molar-refractivity contribution >= 4 is 63.2 Å². The van der Waals surface area contributed by atoms with Crippen molar-refractivity contribution in [1.82, 2.24) is 4.90 Å². The van der Waals surface area contributed by atoms with E-state index in [0.717, 1.165) is 3.77 Å². The number of amides is 1. The predicted octanol–water partition coefficient (Wildman–Crippen LogP) is 3.82. The number of likely N-dealkylation sites (N-methyl/N-ethyl adjacent to an activating group) is 1. The molecule has 1 aliphatic rings. The van der Waals surface area contributed by atoms with Gasteiger partial charge < -0.3 is 9.52 Å². The van der Waals surface area contributed by atoms with E-state index in [1.165, 1.54) is 28.8 Å². The quantitative estimate of drug-likeness (QED) is 0.564. The van der Waals surface area contributed by atoms with Crippen LogP contribution in [0.3, 0.4) is 0 Å². The van der Waals surface area contributed by atoms with E-state index < -0.39 is 5.97 Å². The normalized spacial score (nSPS) is 17.9. The molecular weight excluding hydrogens is 443 g/mol. The highest BCUT2D eigenvalue weighted by Crippen LogP contribution is 2.33. The third kappa shape index (κ3) is 3.54. The monoisotopic (exact) mass is 454 g/mol. The molecule has 1 fully saturated rings. The lowest BCUT2D eigenvalue weighted by atomic mass is 10.2. The number of nitrogens with zero attached hydrogens (tertiary/aromatic N) is 2. The average molecular weight is 454 g/mol. The molecule has 8 heteroatoms. The molecule has 3 rings (SSSR count). The van der Waals surface area contributed by atoms with Crippen molar-refractivity contribution in [3.05, 3.63) is 56.4 Å². The largest absolute Gasteiger partial charge is 0.478 e. The van der Waals surface area contributed by atoms with Crippen LogP contribution < -0.4 is 0 Å². The van der Waals surface area contributed by atoms with Gasteiger partial charge in [-0.15, -0.1) is 0 Å². The number of carboxylic acid groups (broad SMARTS) is 1. The van der Waals surface area contributed by atoms with Gasteiger partial charge in [-0.2, -0.15) is 0 Å². The van der Waals surface area contributed by atoms with Crippen LogP contribution in [-0.2, 0) is 4.79 Å². The van der Waals surface area contributed by atoms with Crippen LogP contribution in [0.4, 0.5) is 5.69 Å². The molecule has 6 nitrogen and oxygen atoms in total. The van der Waals surface area contributed by atoms with Gasteiger partial charge in [0.2, 0.25) is 0 Å². The Labute approximate surface area is 155 Å². The number of thioether (sulfide) groups is 1. The van der Waals surface area contributed by atoms with Gasteiger partial charge in [-0.1, -0.05) is 0 Å². The standard InChI is InChI=1S/C16H11IN2O4S/c1-19-14(20)12(8-11-6-7-13(17)23-11)24-16(19)18-10-4-2-9(3-5-10)15(21)22/h2-8H,1H3,(H,21,22). The number of halogens is 1. The fourth-order valence-electron chi connectivity index (χ4n) is 1.98. The molecular formula is C16H11IN2O4S. The van der Waals surface area contributed by atoms with Crippen molar-refractivity contribution in [3.8, 4) is 0 Å². The second kappa shape index (κ2) is 6.81. The van der Waals surface area contributed by atoms with Crippen molar-refractivity contribution in [2.24, 2.45) is 4.99 Å². The first kappa shape index (κ1) is 16.8. The SMILES string of the molecule is CN1C(=O)C(=Cc2ccc(I)o2)SC1=Nc1ccc(C(=O)O)cc1. The molecule has 1 aliphatic heterocycles. The Bertz CT molecular complexity index is 870. The Balaban J connectivity index is 1.85. The topological polar surface area (TPSA) is 83.1 Å². The number of amidine groups is 1. The minimum absolute atomic E-state index is 0.160. The zero-order chi connectivity index (χ0) is 17.3. The highest BCUT2D eigenvalue weighted by Gasteiger charge is 2.30. The zero-order valence-electron chi connectivity index (χ0n) is 12.4. The number of carboxylic acids is 1. The lowest BCUT2D eigenvalue weighted by Gasteiger charge is -2.07. The molecule has 0 spiro atoms. The summed E-state index contributed by atoms with van der Waals surface area (Å²) in [4.78, 5) is 29.5. The third-order valence-corrected chi connectivity index (χ3v) is 4.85. The van der Waals surface area contributed by atoms with Gasteiger partial charge in [-0.3, -0.25) is 9.69 Å². The lowest BCUT2D eigenvalue weighted by molar-refractivity contribution is -0.121. The maximum absolute atomic E-state index is 12.3. The summed E-state index contributed by atoms with van der Waals surface area (Å²) in [5, 5.41) is 9.43. The van der Waals surface area contributed by atoms with Crippen LogP contribution in [0.15, 0.2) is 50.7 Å². The van der Waals surface area contributed by atoms with E-state index in [4.69, 9.17) is 9.52 Å². The number of furan rings is 1. The number of aliphatic imine (C=N–C) groups is 1. The Morgan fingerprint density at radius 3 is 2.58 bits per heavy atom. The molecule has 2 heterocycles. The van der Waals surface area contributed by atoms with Crippen LogP contribution in [0.1, 0.15) is 16.1 Å². The minimum Gasteiger partial charge on any atom is -0.478 e. The van der Waals surface area contributed by atoms with Crippen molar-refractivity contribution in [1.29, 1.82) is 0 Å². The molecule has 24 heavy (non-hydrogen) atoms. The molecule has 0 unspecified atom stereocenters. The summed E-state index contributed by atoms with van der Waals surface area (Å²) in [6.45, 7) is 0. The van der Waals surface area contributed by atoms with Gasteiger partial charge in [0.15, 0.2) is 8.93 Å².